The van der Waals surface area contributed by atoms with E-state index < -0.39 is 12.1 Å². The van der Waals surface area contributed by atoms with Crippen LogP contribution in [0.4, 0.5) is 0 Å². The summed E-state index contributed by atoms with van der Waals surface area (Å²) in [6.07, 6.45) is 1.06. The highest BCUT2D eigenvalue weighted by Crippen LogP contribution is 2.39. The molecule has 1 saturated carbocycles. The predicted molar refractivity (Wildman–Crippen MR) is 96.2 cm³/mol. The second-order valence-electron chi connectivity index (χ2n) is 6.93. The Morgan fingerprint density at radius 1 is 1.32 bits per heavy atom. The van der Waals surface area contributed by atoms with Gasteiger partial charge in [0.2, 0.25) is 11.8 Å². The normalized spacial score (nSPS) is 22.2. The van der Waals surface area contributed by atoms with Crippen LogP contribution in [0.2, 0.25) is 0 Å². The quantitative estimate of drug-likeness (QED) is 0.793. The largest absolute Gasteiger partial charge is 0.497 e. The van der Waals surface area contributed by atoms with E-state index in [0.717, 1.165) is 18.4 Å². The lowest BCUT2D eigenvalue weighted by atomic mass is 9.96. The maximum absolute atomic E-state index is 12.9. The molecule has 4 rings (SSSR count). The van der Waals surface area contributed by atoms with Crippen molar-refractivity contribution < 1.29 is 23.6 Å². The van der Waals surface area contributed by atoms with Gasteiger partial charge in [0.1, 0.15) is 12.4 Å². The zero-order chi connectivity index (χ0) is 19.7. The monoisotopic (exact) mass is 386 g/mol. The van der Waals surface area contributed by atoms with Crippen LogP contribution in [0.3, 0.4) is 0 Å². The number of carbonyl (C=O) groups excluding carboxylic acids is 2. The number of nitrogens with one attached hydrogen (secondary N) is 1. The fourth-order valence-corrected chi connectivity index (χ4v) is 3.45. The molecule has 1 aliphatic heterocycles. The molecule has 9 nitrogen and oxygen atoms in total. The summed E-state index contributed by atoms with van der Waals surface area (Å²) in [5.41, 5.74) is 0.830. The predicted octanol–water partition coefficient (Wildman–Crippen LogP) is 1.13. The van der Waals surface area contributed by atoms with Crippen molar-refractivity contribution in [1.29, 1.82) is 0 Å². The van der Waals surface area contributed by atoms with Crippen molar-refractivity contribution in [2.45, 2.75) is 44.5 Å². The maximum Gasteiger partial charge on any atom is 0.252 e. The lowest BCUT2D eigenvalue weighted by Gasteiger charge is -2.40. The molecule has 9 heteroatoms. The van der Waals surface area contributed by atoms with Gasteiger partial charge in [0.05, 0.1) is 19.7 Å². The molecule has 148 valence electrons. The van der Waals surface area contributed by atoms with Gasteiger partial charge in [-0.05, 0) is 30.5 Å². The number of nitrogens with zero attached hydrogens (tertiary/aromatic N) is 3. The number of carbonyl (C=O) groups is 2. The maximum atomic E-state index is 12.9. The Kier molecular flexibility index (Phi) is 4.99. The Labute approximate surface area is 162 Å². The zero-order valence-electron chi connectivity index (χ0n) is 15.8. The minimum atomic E-state index is -0.820. The van der Waals surface area contributed by atoms with Crippen molar-refractivity contribution in [2.24, 2.45) is 0 Å². The van der Waals surface area contributed by atoms with E-state index in [1.54, 1.807) is 18.9 Å². The van der Waals surface area contributed by atoms with Crippen molar-refractivity contribution in [3.8, 4) is 5.75 Å². The van der Waals surface area contributed by atoms with E-state index >= 15 is 0 Å². The topological polar surface area (TPSA) is 107 Å². The van der Waals surface area contributed by atoms with Crippen LogP contribution < -0.4 is 10.1 Å². The SMILES string of the molecule is COc1ccc([C@@H]2[C@@H](C(=O)NCc3noc(C)n3)OCC(=O)N2C2CC2)cc1. The van der Waals surface area contributed by atoms with Gasteiger partial charge < -0.3 is 24.2 Å². The number of hydrogen-bond donors (Lipinski definition) is 1. The third-order valence-electron chi connectivity index (χ3n) is 4.91. The van der Waals surface area contributed by atoms with Gasteiger partial charge in [0.25, 0.3) is 5.91 Å². The molecule has 1 saturated heterocycles. The summed E-state index contributed by atoms with van der Waals surface area (Å²) < 4.78 is 15.8. The number of methoxy groups -OCH3 is 1. The molecule has 28 heavy (non-hydrogen) atoms. The van der Waals surface area contributed by atoms with Crippen molar-refractivity contribution in [3.05, 3.63) is 41.5 Å². The van der Waals surface area contributed by atoms with E-state index in [1.165, 1.54) is 0 Å². The van der Waals surface area contributed by atoms with Gasteiger partial charge in [-0.1, -0.05) is 17.3 Å². The van der Waals surface area contributed by atoms with Crippen molar-refractivity contribution in [1.82, 2.24) is 20.4 Å². The fraction of sp³-hybridized carbons (Fsp3) is 0.474. The molecule has 2 atom stereocenters. The third kappa shape index (κ3) is 3.70. The van der Waals surface area contributed by atoms with Crippen molar-refractivity contribution >= 4 is 11.8 Å². The van der Waals surface area contributed by atoms with E-state index in [0.29, 0.717) is 17.5 Å². The second kappa shape index (κ2) is 7.59. The minimum absolute atomic E-state index is 0.0961. The summed E-state index contributed by atoms with van der Waals surface area (Å²) in [7, 11) is 1.59. The second-order valence-corrected chi connectivity index (χ2v) is 6.93. The summed E-state index contributed by atoms with van der Waals surface area (Å²) >= 11 is 0. The van der Waals surface area contributed by atoms with Crippen LogP contribution >= 0.6 is 0 Å². The Balaban J connectivity index is 1.57. The van der Waals surface area contributed by atoms with E-state index in [1.807, 2.05) is 24.3 Å². The van der Waals surface area contributed by atoms with Gasteiger partial charge in [-0.25, -0.2) is 0 Å². The van der Waals surface area contributed by atoms with E-state index in [9.17, 15) is 9.59 Å². The standard InChI is InChI=1S/C19H22N4O5/c1-11-21-15(22-28-11)9-20-19(25)18-17(12-3-7-14(26-2)8-4-12)23(13-5-6-13)16(24)10-27-18/h3-4,7-8,13,17-18H,5-6,9-10H2,1-2H3,(H,20,25)/t17-,18+/m1/s1. The Morgan fingerprint density at radius 2 is 2.07 bits per heavy atom. The van der Waals surface area contributed by atoms with Gasteiger partial charge in [-0.15, -0.1) is 0 Å². The highest BCUT2D eigenvalue weighted by atomic mass is 16.5. The van der Waals surface area contributed by atoms with E-state index in [-0.39, 0.29) is 31.0 Å². The number of rotatable bonds is 6. The summed E-state index contributed by atoms with van der Waals surface area (Å²) in [6, 6.07) is 7.02. The average molecular weight is 386 g/mol. The van der Waals surface area contributed by atoms with Gasteiger partial charge in [0, 0.05) is 13.0 Å². The van der Waals surface area contributed by atoms with Crippen LogP contribution in [0, 0.1) is 6.92 Å². The first kappa shape index (κ1) is 18.4. The lowest BCUT2D eigenvalue weighted by Crippen LogP contribution is -2.55. The summed E-state index contributed by atoms with van der Waals surface area (Å²) in [6.45, 7) is 1.70. The number of morpholine rings is 1. The highest BCUT2D eigenvalue weighted by Gasteiger charge is 2.47. The Hall–Kier alpha value is -2.94. The highest BCUT2D eigenvalue weighted by molar-refractivity contribution is 5.86. The zero-order valence-corrected chi connectivity index (χ0v) is 15.8. The smallest absolute Gasteiger partial charge is 0.252 e. The van der Waals surface area contributed by atoms with Crippen LogP contribution in [0.25, 0.3) is 0 Å². The number of amides is 2. The molecular formula is C19H22N4O5. The summed E-state index contributed by atoms with van der Waals surface area (Å²) in [5.74, 6) is 1.11. The molecule has 2 heterocycles. The Morgan fingerprint density at radius 3 is 2.68 bits per heavy atom. The van der Waals surface area contributed by atoms with Crippen molar-refractivity contribution in [3.63, 3.8) is 0 Å². The molecule has 2 aliphatic rings. The average Bonchev–Trinajstić information content (AvgIpc) is 3.46. The number of hydrogen-bond acceptors (Lipinski definition) is 7. The number of aromatic nitrogens is 2. The molecule has 1 aromatic carbocycles. The molecule has 2 amide bonds. The molecule has 0 spiro atoms. The van der Waals surface area contributed by atoms with Crippen LogP contribution in [0.1, 0.15) is 36.2 Å². The number of aryl methyl sites for hydroxylation is 1. The first-order valence-corrected chi connectivity index (χ1v) is 9.20. The molecule has 1 aliphatic carbocycles. The van der Waals surface area contributed by atoms with Crippen LogP contribution in [0.5, 0.6) is 5.75 Å². The van der Waals surface area contributed by atoms with E-state index in [2.05, 4.69) is 15.5 Å². The molecule has 0 radical (unpaired) electrons. The van der Waals surface area contributed by atoms with Gasteiger partial charge in [-0.3, -0.25) is 9.59 Å². The molecule has 0 unspecified atom stereocenters. The Bertz CT molecular complexity index is 861. The van der Waals surface area contributed by atoms with Crippen molar-refractivity contribution in [2.75, 3.05) is 13.7 Å². The molecule has 0 bridgehead atoms. The first-order chi connectivity index (χ1) is 13.6. The lowest BCUT2D eigenvalue weighted by molar-refractivity contribution is -0.165. The molecule has 1 aromatic heterocycles. The number of benzene rings is 1. The molecule has 1 N–H and O–H groups in total. The fourth-order valence-electron chi connectivity index (χ4n) is 3.45. The number of ether oxygens (including phenoxy) is 2. The van der Waals surface area contributed by atoms with Gasteiger partial charge >= 0.3 is 0 Å². The first-order valence-electron chi connectivity index (χ1n) is 9.20. The van der Waals surface area contributed by atoms with Crippen LogP contribution in [-0.2, 0) is 20.9 Å². The van der Waals surface area contributed by atoms with Gasteiger partial charge in [0.15, 0.2) is 11.9 Å². The molecule has 2 fully saturated rings. The van der Waals surface area contributed by atoms with Crippen LogP contribution in [-0.4, -0.2) is 52.7 Å². The van der Waals surface area contributed by atoms with Gasteiger partial charge in [-0.2, -0.15) is 4.98 Å². The molecular weight excluding hydrogens is 364 g/mol. The van der Waals surface area contributed by atoms with Crippen LogP contribution in [0.15, 0.2) is 28.8 Å². The minimum Gasteiger partial charge on any atom is -0.497 e. The summed E-state index contributed by atoms with van der Waals surface area (Å²) in [4.78, 5) is 31.3. The molecule has 2 aromatic rings. The third-order valence-corrected chi connectivity index (χ3v) is 4.91. The summed E-state index contributed by atoms with van der Waals surface area (Å²) in [5, 5.41) is 6.56. The van der Waals surface area contributed by atoms with E-state index in [4.69, 9.17) is 14.0 Å².